The van der Waals surface area contributed by atoms with Crippen molar-refractivity contribution in [2.24, 2.45) is 7.05 Å². The lowest BCUT2D eigenvalue weighted by molar-refractivity contribution is 0.0697. The molecule has 0 fully saturated rings. The molecule has 3 rings (SSSR count). The van der Waals surface area contributed by atoms with Crippen molar-refractivity contribution in [3.05, 3.63) is 48.0 Å². The van der Waals surface area contributed by atoms with Crippen molar-refractivity contribution in [1.29, 1.82) is 0 Å². The fraction of sp³-hybridized carbons (Fsp3) is 0.125. The van der Waals surface area contributed by atoms with Gasteiger partial charge in [0, 0.05) is 7.05 Å². The SMILES string of the molecule is COc1ccccc1-c1nc2cc(C(=O)O)ccc2n1C. The average molecular weight is 282 g/mol. The van der Waals surface area contributed by atoms with Gasteiger partial charge in [-0.2, -0.15) is 0 Å². The Kier molecular flexibility index (Phi) is 3.10. The first-order valence-electron chi connectivity index (χ1n) is 6.45. The van der Waals surface area contributed by atoms with Crippen LogP contribution in [-0.2, 0) is 7.05 Å². The number of ether oxygens (including phenoxy) is 1. The zero-order valence-electron chi connectivity index (χ0n) is 11.7. The number of carboxylic acid groups (broad SMARTS) is 1. The number of carbonyl (C=O) groups is 1. The quantitative estimate of drug-likeness (QED) is 0.802. The van der Waals surface area contributed by atoms with E-state index in [1.54, 1.807) is 25.3 Å². The fourth-order valence-corrected chi connectivity index (χ4v) is 2.40. The third kappa shape index (κ3) is 2.12. The molecule has 0 atom stereocenters. The molecule has 0 saturated heterocycles. The molecule has 0 aliphatic heterocycles. The van der Waals surface area contributed by atoms with Gasteiger partial charge >= 0.3 is 5.97 Å². The van der Waals surface area contributed by atoms with Gasteiger partial charge in [-0.3, -0.25) is 0 Å². The van der Waals surface area contributed by atoms with Crippen LogP contribution in [0.25, 0.3) is 22.4 Å². The first kappa shape index (κ1) is 13.2. The molecule has 0 bridgehead atoms. The molecular formula is C16H14N2O3. The molecule has 106 valence electrons. The number of hydrogen-bond donors (Lipinski definition) is 1. The van der Waals surface area contributed by atoms with Gasteiger partial charge in [0.25, 0.3) is 0 Å². The van der Waals surface area contributed by atoms with Gasteiger partial charge in [-0.15, -0.1) is 0 Å². The number of aryl methyl sites for hydroxylation is 1. The van der Waals surface area contributed by atoms with Crippen LogP contribution >= 0.6 is 0 Å². The second kappa shape index (κ2) is 4.94. The summed E-state index contributed by atoms with van der Waals surface area (Å²) in [7, 11) is 3.52. The fourth-order valence-electron chi connectivity index (χ4n) is 2.40. The van der Waals surface area contributed by atoms with Crippen molar-refractivity contribution in [2.45, 2.75) is 0 Å². The zero-order valence-corrected chi connectivity index (χ0v) is 11.7. The third-order valence-electron chi connectivity index (χ3n) is 3.48. The van der Waals surface area contributed by atoms with Crippen LogP contribution in [-0.4, -0.2) is 27.7 Å². The lowest BCUT2D eigenvalue weighted by Gasteiger charge is -2.07. The molecule has 0 saturated carbocycles. The number of nitrogens with zero attached hydrogens (tertiary/aromatic N) is 2. The first-order valence-corrected chi connectivity index (χ1v) is 6.45. The molecule has 0 spiro atoms. The smallest absolute Gasteiger partial charge is 0.335 e. The summed E-state index contributed by atoms with van der Waals surface area (Å²) < 4.78 is 7.29. The number of para-hydroxylation sites is 1. The molecule has 21 heavy (non-hydrogen) atoms. The average Bonchev–Trinajstić information content (AvgIpc) is 2.83. The molecule has 1 heterocycles. The lowest BCUT2D eigenvalue weighted by Crippen LogP contribution is -1.96. The predicted molar refractivity (Wildman–Crippen MR) is 79.7 cm³/mol. The molecular weight excluding hydrogens is 268 g/mol. The topological polar surface area (TPSA) is 64.3 Å². The molecule has 0 radical (unpaired) electrons. The molecule has 0 amide bonds. The third-order valence-corrected chi connectivity index (χ3v) is 3.48. The van der Waals surface area contributed by atoms with Crippen LogP contribution in [0.5, 0.6) is 5.75 Å². The second-order valence-electron chi connectivity index (χ2n) is 4.70. The number of carboxylic acids is 1. The molecule has 1 N–H and O–H groups in total. The lowest BCUT2D eigenvalue weighted by atomic mass is 10.2. The Balaban J connectivity index is 2.24. The standard InChI is InChI=1S/C16H14N2O3/c1-18-13-8-7-10(16(19)20)9-12(13)17-15(18)11-5-3-4-6-14(11)21-2/h3-9H,1-2H3,(H,19,20). The van der Waals surface area contributed by atoms with Gasteiger partial charge in [0.05, 0.1) is 29.3 Å². The first-order chi connectivity index (χ1) is 10.1. The van der Waals surface area contributed by atoms with E-state index in [4.69, 9.17) is 9.84 Å². The van der Waals surface area contributed by atoms with Gasteiger partial charge in [-0.1, -0.05) is 12.1 Å². The molecule has 0 aliphatic carbocycles. The van der Waals surface area contributed by atoms with E-state index in [0.29, 0.717) is 5.52 Å². The van der Waals surface area contributed by atoms with Gasteiger partial charge in [0.2, 0.25) is 0 Å². The molecule has 0 aliphatic rings. The highest BCUT2D eigenvalue weighted by Crippen LogP contribution is 2.31. The van der Waals surface area contributed by atoms with Crippen molar-refractivity contribution in [1.82, 2.24) is 9.55 Å². The highest BCUT2D eigenvalue weighted by atomic mass is 16.5. The Morgan fingerprint density at radius 1 is 1.24 bits per heavy atom. The number of fused-ring (bicyclic) bond motifs is 1. The van der Waals surface area contributed by atoms with Crippen LogP contribution in [0, 0.1) is 0 Å². The van der Waals surface area contributed by atoms with E-state index in [-0.39, 0.29) is 5.56 Å². The maximum atomic E-state index is 11.1. The number of methoxy groups -OCH3 is 1. The van der Waals surface area contributed by atoms with Gasteiger partial charge in [0.15, 0.2) is 0 Å². The van der Waals surface area contributed by atoms with Crippen molar-refractivity contribution in [2.75, 3.05) is 7.11 Å². The number of imidazole rings is 1. The van der Waals surface area contributed by atoms with Crippen LogP contribution in [0.3, 0.4) is 0 Å². The van der Waals surface area contributed by atoms with E-state index in [0.717, 1.165) is 22.7 Å². The van der Waals surface area contributed by atoms with Crippen molar-refractivity contribution in [3.63, 3.8) is 0 Å². The summed E-state index contributed by atoms with van der Waals surface area (Å²) in [5.41, 5.74) is 2.63. The summed E-state index contributed by atoms with van der Waals surface area (Å²) in [5, 5.41) is 9.07. The summed E-state index contributed by atoms with van der Waals surface area (Å²) in [5.74, 6) is 0.515. The Morgan fingerprint density at radius 2 is 2.00 bits per heavy atom. The monoisotopic (exact) mass is 282 g/mol. The van der Waals surface area contributed by atoms with E-state index in [9.17, 15) is 4.79 Å². The number of rotatable bonds is 3. The van der Waals surface area contributed by atoms with Gasteiger partial charge in [-0.05, 0) is 30.3 Å². The second-order valence-corrected chi connectivity index (χ2v) is 4.70. The summed E-state index contributed by atoms with van der Waals surface area (Å²) in [6, 6.07) is 12.5. The molecule has 3 aromatic rings. The number of aromatic nitrogens is 2. The molecule has 2 aromatic carbocycles. The van der Waals surface area contributed by atoms with Gasteiger partial charge in [-0.25, -0.2) is 9.78 Å². The molecule has 1 aromatic heterocycles. The number of benzene rings is 2. The Morgan fingerprint density at radius 3 is 2.71 bits per heavy atom. The molecule has 0 unspecified atom stereocenters. The van der Waals surface area contributed by atoms with E-state index in [1.165, 1.54) is 0 Å². The summed E-state index contributed by atoms with van der Waals surface area (Å²) in [4.78, 5) is 15.6. The predicted octanol–water partition coefficient (Wildman–Crippen LogP) is 2.95. The maximum absolute atomic E-state index is 11.1. The Hall–Kier alpha value is -2.82. The van der Waals surface area contributed by atoms with Crippen LogP contribution in [0.15, 0.2) is 42.5 Å². The van der Waals surface area contributed by atoms with Crippen molar-refractivity contribution in [3.8, 4) is 17.1 Å². The maximum Gasteiger partial charge on any atom is 0.335 e. The summed E-state index contributed by atoms with van der Waals surface area (Å²) in [6.07, 6.45) is 0. The van der Waals surface area contributed by atoms with Crippen LogP contribution < -0.4 is 4.74 Å². The summed E-state index contributed by atoms with van der Waals surface area (Å²) >= 11 is 0. The minimum atomic E-state index is -0.957. The minimum Gasteiger partial charge on any atom is -0.496 e. The highest BCUT2D eigenvalue weighted by Gasteiger charge is 2.14. The Bertz CT molecular complexity index is 837. The van der Waals surface area contributed by atoms with Gasteiger partial charge in [0.1, 0.15) is 11.6 Å². The molecule has 5 heteroatoms. The van der Waals surface area contributed by atoms with Crippen molar-refractivity contribution < 1.29 is 14.6 Å². The van der Waals surface area contributed by atoms with Crippen LogP contribution in [0.1, 0.15) is 10.4 Å². The van der Waals surface area contributed by atoms with E-state index < -0.39 is 5.97 Å². The minimum absolute atomic E-state index is 0.229. The van der Waals surface area contributed by atoms with E-state index >= 15 is 0 Å². The normalized spacial score (nSPS) is 10.8. The Labute approximate surface area is 121 Å². The zero-order chi connectivity index (χ0) is 15.0. The number of aromatic carboxylic acids is 1. The van der Waals surface area contributed by atoms with Crippen LogP contribution in [0.2, 0.25) is 0 Å². The molecule has 5 nitrogen and oxygen atoms in total. The van der Waals surface area contributed by atoms with E-state index in [2.05, 4.69) is 4.98 Å². The van der Waals surface area contributed by atoms with E-state index in [1.807, 2.05) is 35.9 Å². The summed E-state index contributed by atoms with van der Waals surface area (Å²) in [6.45, 7) is 0. The van der Waals surface area contributed by atoms with Gasteiger partial charge < -0.3 is 14.4 Å². The largest absolute Gasteiger partial charge is 0.496 e. The number of hydrogen-bond acceptors (Lipinski definition) is 3. The van der Waals surface area contributed by atoms with Crippen molar-refractivity contribution >= 4 is 17.0 Å². The van der Waals surface area contributed by atoms with Crippen LogP contribution in [0.4, 0.5) is 0 Å². The highest BCUT2D eigenvalue weighted by molar-refractivity contribution is 5.93.